The van der Waals surface area contributed by atoms with E-state index in [9.17, 15) is 4.79 Å². The van der Waals surface area contributed by atoms with Crippen molar-refractivity contribution in [1.29, 1.82) is 5.26 Å². The van der Waals surface area contributed by atoms with Crippen LogP contribution >= 0.6 is 0 Å². The third-order valence-electron chi connectivity index (χ3n) is 2.19. The van der Waals surface area contributed by atoms with E-state index in [1.807, 2.05) is 13.0 Å². The predicted molar refractivity (Wildman–Crippen MR) is 50.6 cm³/mol. The summed E-state index contributed by atoms with van der Waals surface area (Å²) in [5.41, 5.74) is 0. The molecule has 5 nitrogen and oxygen atoms in total. The molecule has 1 atom stereocenters. The highest BCUT2D eigenvalue weighted by atomic mass is 16.5. The molecule has 0 aromatic heterocycles. The van der Waals surface area contributed by atoms with Crippen molar-refractivity contribution in [2.45, 2.75) is 19.4 Å². The molecule has 1 rings (SSSR count). The van der Waals surface area contributed by atoms with Crippen molar-refractivity contribution < 1.29 is 9.53 Å². The highest BCUT2D eigenvalue weighted by molar-refractivity contribution is 5.74. The SMILES string of the molecule is CCN(CC#N)C(=O)NC1CCOC1. The Morgan fingerprint density at radius 1 is 1.79 bits per heavy atom. The van der Waals surface area contributed by atoms with Crippen LogP contribution in [0.1, 0.15) is 13.3 Å². The molecule has 1 fully saturated rings. The van der Waals surface area contributed by atoms with Crippen LogP contribution in [0.25, 0.3) is 0 Å². The number of amides is 2. The second-order valence-corrected chi connectivity index (χ2v) is 3.18. The Morgan fingerprint density at radius 2 is 2.57 bits per heavy atom. The average Bonchev–Trinajstić information content (AvgIpc) is 2.66. The topological polar surface area (TPSA) is 65.4 Å². The van der Waals surface area contributed by atoms with Crippen molar-refractivity contribution >= 4 is 6.03 Å². The van der Waals surface area contributed by atoms with E-state index in [2.05, 4.69) is 5.32 Å². The fourth-order valence-electron chi connectivity index (χ4n) is 1.33. The van der Waals surface area contributed by atoms with Gasteiger partial charge >= 0.3 is 6.03 Å². The molecule has 0 bridgehead atoms. The maximum Gasteiger partial charge on any atom is 0.318 e. The van der Waals surface area contributed by atoms with E-state index in [-0.39, 0.29) is 18.6 Å². The van der Waals surface area contributed by atoms with Crippen molar-refractivity contribution in [3.05, 3.63) is 0 Å². The van der Waals surface area contributed by atoms with Crippen LogP contribution < -0.4 is 5.32 Å². The van der Waals surface area contributed by atoms with Crippen molar-refractivity contribution in [3.8, 4) is 6.07 Å². The highest BCUT2D eigenvalue weighted by Crippen LogP contribution is 2.03. The first-order valence-electron chi connectivity index (χ1n) is 4.78. The minimum absolute atomic E-state index is 0.107. The number of nitrogens with zero attached hydrogens (tertiary/aromatic N) is 2. The summed E-state index contributed by atoms with van der Waals surface area (Å²) in [7, 11) is 0. The van der Waals surface area contributed by atoms with Crippen LogP contribution in [0.2, 0.25) is 0 Å². The Bertz CT molecular complexity index is 231. The molecule has 0 saturated carbocycles. The van der Waals surface area contributed by atoms with E-state index in [0.29, 0.717) is 19.8 Å². The monoisotopic (exact) mass is 197 g/mol. The minimum Gasteiger partial charge on any atom is -0.379 e. The summed E-state index contributed by atoms with van der Waals surface area (Å²) in [5, 5.41) is 11.3. The van der Waals surface area contributed by atoms with Gasteiger partial charge in [0.2, 0.25) is 0 Å². The van der Waals surface area contributed by atoms with Gasteiger partial charge in [0.15, 0.2) is 0 Å². The lowest BCUT2D eigenvalue weighted by molar-refractivity contribution is 0.181. The van der Waals surface area contributed by atoms with E-state index in [1.54, 1.807) is 0 Å². The number of rotatable bonds is 3. The molecule has 2 amide bonds. The van der Waals surface area contributed by atoms with Crippen molar-refractivity contribution in [2.75, 3.05) is 26.3 Å². The first-order valence-corrected chi connectivity index (χ1v) is 4.78. The molecule has 1 aliphatic heterocycles. The molecule has 14 heavy (non-hydrogen) atoms. The third kappa shape index (κ3) is 2.89. The molecule has 0 aromatic rings. The normalized spacial score (nSPS) is 20.1. The Hall–Kier alpha value is -1.28. The second-order valence-electron chi connectivity index (χ2n) is 3.18. The number of hydrogen-bond acceptors (Lipinski definition) is 3. The van der Waals surface area contributed by atoms with Crippen molar-refractivity contribution in [1.82, 2.24) is 10.2 Å². The summed E-state index contributed by atoms with van der Waals surface area (Å²) >= 11 is 0. The number of urea groups is 1. The van der Waals surface area contributed by atoms with Gasteiger partial charge in [-0.15, -0.1) is 0 Å². The van der Waals surface area contributed by atoms with Crippen LogP contribution in [0.4, 0.5) is 4.79 Å². The molecule has 0 aromatic carbocycles. The number of hydrogen-bond donors (Lipinski definition) is 1. The molecule has 1 heterocycles. The molecule has 78 valence electrons. The molecule has 1 unspecified atom stereocenters. The number of nitrogens with one attached hydrogen (secondary N) is 1. The number of nitriles is 1. The minimum atomic E-state index is -0.176. The zero-order chi connectivity index (χ0) is 10.4. The van der Waals surface area contributed by atoms with Gasteiger partial charge < -0.3 is 15.0 Å². The smallest absolute Gasteiger partial charge is 0.318 e. The molecule has 5 heteroatoms. The second kappa shape index (κ2) is 5.45. The van der Waals surface area contributed by atoms with Crippen molar-refractivity contribution in [2.24, 2.45) is 0 Å². The molecule has 0 radical (unpaired) electrons. The van der Waals surface area contributed by atoms with Gasteiger partial charge in [0, 0.05) is 13.2 Å². The molecule has 1 aliphatic rings. The van der Waals surface area contributed by atoms with Crippen LogP contribution in [-0.4, -0.2) is 43.3 Å². The standard InChI is InChI=1S/C9H15N3O2/c1-2-12(5-4-10)9(13)11-8-3-6-14-7-8/h8H,2-3,5-7H2,1H3,(H,11,13). The van der Waals surface area contributed by atoms with E-state index in [1.165, 1.54) is 4.90 Å². The number of carbonyl (C=O) groups excluding carboxylic acids is 1. The first-order chi connectivity index (χ1) is 6.77. The number of ether oxygens (including phenoxy) is 1. The van der Waals surface area contributed by atoms with Gasteiger partial charge in [-0.05, 0) is 13.3 Å². The summed E-state index contributed by atoms with van der Waals surface area (Å²) in [5.74, 6) is 0. The maximum atomic E-state index is 11.5. The Balaban J connectivity index is 2.35. The fraction of sp³-hybridized carbons (Fsp3) is 0.778. The van der Waals surface area contributed by atoms with Crippen LogP contribution in [0.5, 0.6) is 0 Å². The van der Waals surface area contributed by atoms with Gasteiger partial charge in [-0.1, -0.05) is 0 Å². The van der Waals surface area contributed by atoms with Crippen LogP contribution in [0.15, 0.2) is 0 Å². The van der Waals surface area contributed by atoms with E-state index in [4.69, 9.17) is 10.00 Å². The quantitative estimate of drug-likeness (QED) is 0.663. The van der Waals surface area contributed by atoms with Gasteiger partial charge in [-0.3, -0.25) is 0 Å². The average molecular weight is 197 g/mol. The van der Waals surface area contributed by atoms with Gasteiger partial charge in [0.05, 0.1) is 18.7 Å². The molecular weight excluding hydrogens is 182 g/mol. The van der Waals surface area contributed by atoms with Gasteiger partial charge in [-0.25, -0.2) is 4.79 Å². The number of carbonyl (C=O) groups is 1. The van der Waals surface area contributed by atoms with Gasteiger partial charge in [0.25, 0.3) is 0 Å². The van der Waals surface area contributed by atoms with Gasteiger partial charge in [0.1, 0.15) is 6.54 Å². The summed E-state index contributed by atoms with van der Waals surface area (Å²) in [6.07, 6.45) is 0.857. The fourth-order valence-corrected chi connectivity index (χ4v) is 1.33. The van der Waals surface area contributed by atoms with Gasteiger partial charge in [-0.2, -0.15) is 5.26 Å². The molecule has 1 N–H and O–H groups in total. The lowest BCUT2D eigenvalue weighted by Crippen LogP contribution is -2.45. The van der Waals surface area contributed by atoms with E-state index in [0.717, 1.165) is 6.42 Å². The lowest BCUT2D eigenvalue weighted by Gasteiger charge is -2.20. The Morgan fingerprint density at radius 3 is 3.07 bits per heavy atom. The van der Waals surface area contributed by atoms with E-state index >= 15 is 0 Å². The highest BCUT2D eigenvalue weighted by Gasteiger charge is 2.20. The van der Waals surface area contributed by atoms with Crippen LogP contribution in [0.3, 0.4) is 0 Å². The van der Waals surface area contributed by atoms with Crippen LogP contribution in [0, 0.1) is 11.3 Å². The van der Waals surface area contributed by atoms with Crippen molar-refractivity contribution in [3.63, 3.8) is 0 Å². The summed E-state index contributed by atoms with van der Waals surface area (Å²) < 4.78 is 5.13. The lowest BCUT2D eigenvalue weighted by atomic mass is 10.3. The first kappa shape index (κ1) is 10.8. The molecule has 1 saturated heterocycles. The Labute approximate surface area is 83.6 Å². The Kier molecular flexibility index (Phi) is 4.20. The predicted octanol–water partition coefficient (Wildman–Crippen LogP) is 0.330. The zero-order valence-corrected chi connectivity index (χ0v) is 8.32. The van der Waals surface area contributed by atoms with Crippen LogP contribution in [-0.2, 0) is 4.74 Å². The molecule has 0 aliphatic carbocycles. The van der Waals surface area contributed by atoms with E-state index < -0.39 is 0 Å². The third-order valence-corrected chi connectivity index (χ3v) is 2.19. The summed E-state index contributed by atoms with van der Waals surface area (Å²) in [4.78, 5) is 13.0. The largest absolute Gasteiger partial charge is 0.379 e. The molecular formula is C9H15N3O2. The summed E-state index contributed by atoms with van der Waals surface area (Å²) in [6, 6.07) is 1.89. The maximum absolute atomic E-state index is 11.5. The summed E-state index contributed by atoms with van der Waals surface area (Å²) in [6.45, 7) is 3.82. The zero-order valence-electron chi connectivity index (χ0n) is 8.32. The molecule has 0 spiro atoms.